The predicted molar refractivity (Wildman–Crippen MR) is 141 cm³/mol. The number of hydrogen-bond acceptors (Lipinski definition) is 4. The number of para-hydroxylation sites is 1. The van der Waals surface area contributed by atoms with Gasteiger partial charge in [-0.2, -0.15) is 0 Å². The Morgan fingerprint density at radius 2 is 2.00 bits per heavy atom. The fraction of sp³-hybridized carbons (Fsp3) is 0.423. The van der Waals surface area contributed by atoms with E-state index in [-0.39, 0.29) is 11.4 Å². The Morgan fingerprint density at radius 1 is 1.24 bits per heavy atom. The van der Waals surface area contributed by atoms with Gasteiger partial charge in [0.05, 0.1) is 23.0 Å². The van der Waals surface area contributed by atoms with Gasteiger partial charge in [-0.1, -0.05) is 37.8 Å². The third-order valence-electron chi connectivity index (χ3n) is 5.59. The van der Waals surface area contributed by atoms with Gasteiger partial charge < -0.3 is 19.6 Å². The van der Waals surface area contributed by atoms with Crippen molar-refractivity contribution in [2.45, 2.75) is 65.6 Å². The van der Waals surface area contributed by atoms with Crippen molar-refractivity contribution in [3.05, 3.63) is 47.9 Å². The number of carbonyl (C=O) groups is 1. The van der Waals surface area contributed by atoms with E-state index in [1.807, 2.05) is 50.6 Å². The summed E-state index contributed by atoms with van der Waals surface area (Å²) in [6.07, 6.45) is 3.58. The molecule has 0 unspecified atom stereocenters. The molecule has 0 saturated heterocycles. The van der Waals surface area contributed by atoms with Gasteiger partial charge in [-0.25, -0.2) is 9.97 Å². The van der Waals surface area contributed by atoms with Gasteiger partial charge in [0, 0.05) is 43.1 Å². The number of amides is 1. The quantitative estimate of drug-likeness (QED) is 0.263. The first-order chi connectivity index (χ1) is 15.9. The standard InChI is InChI=1S/C26H35N5O2Si/c1-17-13-18-9-8-10-19(22(18)28-17)21-14-27-24-23(29-21)20(25(32)30-26(2,3)4)15-31(24)16-33-11-12-34(5,6)7/h8-10,13-15,28H,11-12,16H2,1-7H3,(H,30,32). The van der Waals surface area contributed by atoms with Crippen LogP contribution in [0.1, 0.15) is 36.8 Å². The van der Waals surface area contributed by atoms with E-state index in [0.717, 1.165) is 33.9 Å². The van der Waals surface area contributed by atoms with Crippen molar-refractivity contribution in [2.24, 2.45) is 0 Å². The van der Waals surface area contributed by atoms with E-state index in [1.165, 1.54) is 0 Å². The zero-order valence-corrected chi connectivity index (χ0v) is 22.2. The van der Waals surface area contributed by atoms with Gasteiger partial charge in [0.2, 0.25) is 0 Å². The molecule has 8 heteroatoms. The van der Waals surface area contributed by atoms with Crippen LogP contribution in [0.3, 0.4) is 0 Å². The Morgan fingerprint density at radius 3 is 2.71 bits per heavy atom. The van der Waals surface area contributed by atoms with Gasteiger partial charge in [0.25, 0.3) is 5.91 Å². The summed E-state index contributed by atoms with van der Waals surface area (Å²) in [4.78, 5) is 26.3. The Hall–Kier alpha value is -2.97. The average molecular weight is 478 g/mol. The summed E-state index contributed by atoms with van der Waals surface area (Å²) in [6.45, 7) is 16.0. The smallest absolute Gasteiger partial charge is 0.255 e. The molecule has 34 heavy (non-hydrogen) atoms. The van der Waals surface area contributed by atoms with Crippen LogP contribution in [0.2, 0.25) is 25.7 Å². The lowest BCUT2D eigenvalue weighted by molar-refractivity contribution is 0.0886. The lowest BCUT2D eigenvalue weighted by Crippen LogP contribution is -2.40. The molecular weight excluding hydrogens is 442 g/mol. The van der Waals surface area contributed by atoms with E-state index in [2.05, 4.69) is 42.1 Å². The zero-order chi connectivity index (χ0) is 24.7. The Labute approximate surface area is 202 Å². The van der Waals surface area contributed by atoms with Gasteiger partial charge in [0.15, 0.2) is 5.65 Å². The molecular formula is C26H35N5O2Si. The minimum atomic E-state index is -1.18. The number of fused-ring (bicyclic) bond motifs is 2. The number of H-pyrrole nitrogens is 1. The second-order valence-corrected chi connectivity index (χ2v) is 16.8. The third kappa shape index (κ3) is 5.39. The summed E-state index contributed by atoms with van der Waals surface area (Å²) in [6, 6.07) is 9.31. The number of ether oxygens (including phenoxy) is 1. The highest BCUT2D eigenvalue weighted by molar-refractivity contribution is 6.76. The molecule has 3 aromatic heterocycles. The summed E-state index contributed by atoms with van der Waals surface area (Å²) in [7, 11) is -1.18. The summed E-state index contributed by atoms with van der Waals surface area (Å²) in [5.74, 6) is -0.168. The molecule has 0 atom stereocenters. The van der Waals surface area contributed by atoms with Crippen molar-refractivity contribution in [1.82, 2.24) is 24.8 Å². The highest BCUT2D eigenvalue weighted by Crippen LogP contribution is 2.29. The highest BCUT2D eigenvalue weighted by atomic mass is 28.3. The molecule has 7 nitrogen and oxygen atoms in total. The lowest BCUT2D eigenvalue weighted by Gasteiger charge is -2.20. The van der Waals surface area contributed by atoms with Crippen LogP contribution in [0.25, 0.3) is 33.3 Å². The number of rotatable bonds is 7. The van der Waals surface area contributed by atoms with Gasteiger partial charge in [-0.05, 0) is 39.8 Å². The molecule has 0 aliphatic heterocycles. The molecule has 0 saturated carbocycles. The number of benzene rings is 1. The molecule has 180 valence electrons. The van der Waals surface area contributed by atoms with Crippen LogP contribution in [0.15, 0.2) is 36.7 Å². The van der Waals surface area contributed by atoms with E-state index in [1.54, 1.807) is 6.20 Å². The van der Waals surface area contributed by atoms with Gasteiger partial charge in [0.1, 0.15) is 12.2 Å². The molecule has 4 rings (SSSR count). The normalized spacial score (nSPS) is 12.6. The first-order valence-corrected chi connectivity index (χ1v) is 15.5. The third-order valence-corrected chi connectivity index (χ3v) is 7.30. The van der Waals surface area contributed by atoms with Crippen LogP contribution in [0.4, 0.5) is 0 Å². The van der Waals surface area contributed by atoms with Crippen LogP contribution < -0.4 is 5.32 Å². The molecule has 0 aliphatic carbocycles. The first-order valence-electron chi connectivity index (χ1n) is 11.8. The van der Waals surface area contributed by atoms with E-state index < -0.39 is 8.07 Å². The summed E-state index contributed by atoms with van der Waals surface area (Å²) < 4.78 is 7.85. The van der Waals surface area contributed by atoms with Crippen molar-refractivity contribution in [3.8, 4) is 11.3 Å². The largest absolute Gasteiger partial charge is 0.361 e. The zero-order valence-electron chi connectivity index (χ0n) is 21.2. The molecule has 1 amide bonds. The second kappa shape index (κ2) is 9.00. The minimum absolute atomic E-state index is 0.168. The first kappa shape index (κ1) is 24.2. The number of carbonyl (C=O) groups excluding carboxylic acids is 1. The number of hydrogen-bond donors (Lipinski definition) is 2. The maximum atomic E-state index is 13.2. The van der Waals surface area contributed by atoms with E-state index >= 15 is 0 Å². The maximum absolute atomic E-state index is 13.2. The van der Waals surface area contributed by atoms with Crippen molar-refractivity contribution < 1.29 is 9.53 Å². The summed E-state index contributed by atoms with van der Waals surface area (Å²) >= 11 is 0. The molecule has 0 fully saturated rings. The maximum Gasteiger partial charge on any atom is 0.255 e. The topological polar surface area (TPSA) is 84.8 Å². The molecule has 3 heterocycles. The van der Waals surface area contributed by atoms with Crippen LogP contribution in [-0.2, 0) is 11.5 Å². The van der Waals surface area contributed by atoms with E-state index in [0.29, 0.717) is 30.1 Å². The number of aryl methyl sites for hydroxylation is 1. The molecule has 0 spiro atoms. The molecule has 2 N–H and O–H groups in total. The minimum Gasteiger partial charge on any atom is -0.361 e. The molecule has 0 bridgehead atoms. The Balaban J connectivity index is 1.75. The average Bonchev–Trinajstić information content (AvgIpc) is 3.28. The molecule has 1 aromatic carbocycles. The highest BCUT2D eigenvalue weighted by Gasteiger charge is 2.23. The van der Waals surface area contributed by atoms with E-state index in [4.69, 9.17) is 14.7 Å². The number of aromatic amines is 1. The molecule has 0 radical (unpaired) electrons. The lowest BCUT2D eigenvalue weighted by atomic mass is 10.1. The molecule has 4 aromatic rings. The Bertz CT molecular complexity index is 1340. The number of nitrogens with zero attached hydrogens (tertiary/aromatic N) is 3. The van der Waals surface area contributed by atoms with Crippen LogP contribution >= 0.6 is 0 Å². The van der Waals surface area contributed by atoms with Crippen molar-refractivity contribution in [1.29, 1.82) is 0 Å². The van der Waals surface area contributed by atoms with Gasteiger partial charge >= 0.3 is 0 Å². The number of aromatic nitrogens is 4. The van der Waals surface area contributed by atoms with Crippen molar-refractivity contribution in [2.75, 3.05) is 6.61 Å². The summed E-state index contributed by atoms with van der Waals surface area (Å²) in [5.41, 5.74) is 5.15. The van der Waals surface area contributed by atoms with Gasteiger partial charge in [-0.15, -0.1) is 0 Å². The fourth-order valence-electron chi connectivity index (χ4n) is 3.91. The van der Waals surface area contributed by atoms with E-state index in [9.17, 15) is 4.79 Å². The number of nitrogens with one attached hydrogen (secondary N) is 2. The SMILES string of the molecule is Cc1cc2cccc(-c3cnc4c(n3)c(C(=O)NC(C)(C)C)cn4COCC[Si](C)(C)C)c2[nH]1. The fourth-order valence-corrected chi connectivity index (χ4v) is 4.66. The second-order valence-electron chi connectivity index (χ2n) is 11.2. The van der Waals surface area contributed by atoms with Gasteiger partial charge in [-0.3, -0.25) is 4.79 Å². The molecule has 0 aliphatic rings. The predicted octanol–water partition coefficient (Wildman–Crippen LogP) is 5.73. The monoisotopic (exact) mass is 477 g/mol. The summed E-state index contributed by atoms with van der Waals surface area (Å²) in [5, 5.41) is 4.18. The van der Waals surface area contributed by atoms with Crippen molar-refractivity contribution in [3.63, 3.8) is 0 Å². The van der Waals surface area contributed by atoms with Crippen LogP contribution in [0, 0.1) is 6.92 Å². The van der Waals surface area contributed by atoms with Crippen LogP contribution in [-0.4, -0.2) is 45.6 Å². The Kier molecular flexibility index (Phi) is 6.39. The van der Waals surface area contributed by atoms with Crippen molar-refractivity contribution >= 4 is 36.0 Å². The van der Waals surface area contributed by atoms with Crippen LogP contribution in [0.5, 0.6) is 0 Å².